The molecule has 0 radical (unpaired) electrons. The van der Waals surface area contributed by atoms with Crippen LogP contribution in [0.5, 0.6) is 0 Å². The first-order chi connectivity index (χ1) is 13.5. The molecule has 0 bridgehead atoms. The van der Waals surface area contributed by atoms with Gasteiger partial charge in [-0.1, -0.05) is 13.8 Å². The summed E-state index contributed by atoms with van der Waals surface area (Å²) in [6.07, 6.45) is 2.39. The lowest BCUT2D eigenvalue weighted by molar-refractivity contribution is -0.140. The van der Waals surface area contributed by atoms with E-state index in [1.165, 1.54) is 0 Å². The molecular weight excluding hydrogens is 358 g/mol. The summed E-state index contributed by atoms with van der Waals surface area (Å²) in [4.78, 5) is 38.7. The van der Waals surface area contributed by atoms with Crippen LogP contribution in [-0.2, 0) is 16.0 Å². The van der Waals surface area contributed by atoms with Gasteiger partial charge in [0.2, 0.25) is 5.91 Å². The molecule has 2 amide bonds. The van der Waals surface area contributed by atoms with Crippen LogP contribution < -0.4 is 10.2 Å². The molecule has 8 heteroatoms. The summed E-state index contributed by atoms with van der Waals surface area (Å²) >= 11 is 0. The van der Waals surface area contributed by atoms with Crippen molar-refractivity contribution in [2.24, 2.45) is 5.92 Å². The Bertz CT molecular complexity index is 752. The first kappa shape index (κ1) is 19.1. The summed E-state index contributed by atoms with van der Waals surface area (Å²) in [5.41, 5.74) is 1.47. The molecule has 1 N–H and O–H groups in total. The van der Waals surface area contributed by atoms with Gasteiger partial charge in [-0.05, 0) is 19.3 Å². The van der Waals surface area contributed by atoms with E-state index in [1.807, 2.05) is 18.7 Å². The third-order valence-electron chi connectivity index (χ3n) is 5.86. The van der Waals surface area contributed by atoms with Gasteiger partial charge in [0, 0.05) is 50.1 Å². The number of aromatic nitrogens is 2. The Morgan fingerprint density at radius 3 is 2.54 bits per heavy atom. The fraction of sp³-hybridized carbons (Fsp3) is 0.700. The van der Waals surface area contributed by atoms with Crippen molar-refractivity contribution in [1.82, 2.24) is 20.2 Å². The lowest BCUT2D eigenvalue weighted by Crippen LogP contribution is -2.47. The van der Waals surface area contributed by atoms with Gasteiger partial charge in [0.25, 0.3) is 5.91 Å². The number of hydrogen-bond donors (Lipinski definition) is 1. The van der Waals surface area contributed by atoms with E-state index >= 15 is 0 Å². The van der Waals surface area contributed by atoms with Gasteiger partial charge in [-0.2, -0.15) is 0 Å². The van der Waals surface area contributed by atoms with Gasteiger partial charge in [-0.25, -0.2) is 9.97 Å². The average Bonchev–Trinajstić information content (AvgIpc) is 2.73. The number of fused-ring (bicyclic) bond motifs is 1. The Kier molecular flexibility index (Phi) is 5.48. The fourth-order valence-electron chi connectivity index (χ4n) is 4.19. The van der Waals surface area contributed by atoms with Crippen LogP contribution in [0.25, 0.3) is 0 Å². The van der Waals surface area contributed by atoms with Crippen LogP contribution in [0.2, 0.25) is 0 Å². The number of carbonyl (C=O) groups is 2. The molecular formula is C20H29N5O3. The molecule has 3 aliphatic rings. The predicted molar refractivity (Wildman–Crippen MR) is 104 cm³/mol. The van der Waals surface area contributed by atoms with Crippen molar-refractivity contribution in [2.75, 3.05) is 50.8 Å². The molecule has 1 aromatic rings. The van der Waals surface area contributed by atoms with Gasteiger partial charge >= 0.3 is 0 Å². The van der Waals surface area contributed by atoms with E-state index in [9.17, 15) is 9.59 Å². The smallest absolute Gasteiger partial charge is 0.270 e. The Labute approximate surface area is 165 Å². The number of carbonyl (C=O) groups excluding carboxylic acids is 2. The second-order valence-electron chi connectivity index (χ2n) is 8.09. The Hall–Kier alpha value is -2.22. The minimum absolute atomic E-state index is 0.0693. The maximum atomic E-state index is 12.8. The monoisotopic (exact) mass is 387 g/mol. The molecule has 4 heterocycles. The van der Waals surface area contributed by atoms with Crippen LogP contribution >= 0.6 is 0 Å². The molecule has 152 valence electrons. The maximum Gasteiger partial charge on any atom is 0.270 e. The van der Waals surface area contributed by atoms with Gasteiger partial charge in [-0.3, -0.25) is 9.59 Å². The van der Waals surface area contributed by atoms with E-state index in [2.05, 4.69) is 15.2 Å². The highest BCUT2D eigenvalue weighted by atomic mass is 16.5. The van der Waals surface area contributed by atoms with E-state index < -0.39 is 0 Å². The summed E-state index contributed by atoms with van der Waals surface area (Å²) in [6, 6.07) is 0. The van der Waals surface area contributed by atoms with Gasteiger partial charge < -0.3 is 19.9 Å². The number of rotatable bonds is 3. The fourth-order valence-corrected chi connectivity index (χ4v) is 4.19. The van der Waals surface area contributed by atoms with Crippen LogP contribution in [0.3, 0.4) is 0 Å². The molecule has 0 aromatic carbocycles. The highest BCUT2D eigenvalue weighted by Crippen LogP contribution is 2.30. The largest absolute Gasteiger partial charge is 0.378 e. The van der Waals surface area contributed by atoms with Crippen LogP contribution in [0.15, 0.2) is 0 Å². The number of nitrogens with one attached hydrogen (secondary N) is 1. The quantitative estimate of drug-likeness (QED) is 0.831. The SMILES string of the molecule is CC(C)c1nc2c(c(N3CCC(C(=O)N4CCOCC4)CC3)n1)CCNC2=O. The average molecular weight is 387 g/mol. The molecule has 0 aliphatic carbocycles. The highest BCUT2D eigenvalue weighted by molar-refractivity contribution is 5.96. The number of amides is 2. The van der Waals surface area contributed by atoms with Gasteiger partial charge in [0.05, 0.1) is 13.2 Å². The zero-order valence-electron chi connectivity index (χ0n) is 16.7. The van der Waals surface area contributed by atoms with E-state index in [-0.39, 0.29) is 23.7 Å². The molecule has 0 saturated carbocycles. The second kappa shape index (κ2) is 8.03. The lowest BCUT2D eigenvalue weighted by Gasteiger charge is -2.37. The molecule has 1 aromatic heterocycles. The maximum absolute atomic E-state index is 12.8. The van der Waals surface area contributed by atoms with E-state index in [1.54, 1.807) is 0 Å². The molecule has 0 spiro atoms. The number of piperidine rings is 1. The standard InChI is InChI=1S/C20H29N5O3/c1-13(2)17-22-16-15(3-6-21-19(16)26)18(23-17)24-7-4-14(5-8-24)20(27)25-9-11-28-12-10-25/h13-14H,3-12H2,1-2H3,(H,21,26). The normalized spacial score (nSPS) is 20.9. The van der Waals surface area contributed by atoms with Gasteiger partial charge in [0.1, 0.15) is 17.3 Å². The molecule has 0 unspecified atom stereocenters. The van der Waals surface area contributed by atoms with Crippen molar-refractivity contribution in [1.29, 1.82) is 0 Å². The van der Waals surface area contributed by atoms with Crippen LogP contribution in [-0.4, -0.2) is 72.6 Å². The Morgan fingerprint density at radius 2 is 1.86 bits per heavy atom. The third-order valence-corrected chi connectivity index (χ3v) is 5.86. The zero-order chi connectivity index (χ0) is 19.7. The molecule has 3 aliphatic heterocycles. The van der Waals surface area contributed by atoms with E-state index in [0.717, 1.165) is 43.7 Å². The molecule has 4 rings (SSSR count). The topological polar surface area (TPSA) is 87.7 Å². The zero-order valence-corrected chi connectivity index (χ0v) is 16.7. The summed E-state index contributed by atoms with van der Waals surface area (Å²) in [5, 5.41) is 2.88. The highest BCUT2D eigenvalue weighted by Gasteiger charge is 2.32. The number of hydrogen-bond acceptors (Lipinski definition) is 6. The van der Waals surface area contributed by atoms with Crippen molar-refractivity contribution >= 4 is 17.6 Å². The summed E-state index contributed by atoms with van der Waals surface area (Å²) < 4.78 is 5.36. The van der Waals surface area contributed by atoms with Crippen molar-refractivity contribution in [2.45, 2.75) is 39.0 Å². The minimum atomic E-state index is -0.107. The van der Waals surface area contributed by atoms with Gasteiger partial charge in [-0.15, -0.1) is 0 Å². The van der Waals surface area contributed by atoms with Crippen LogP contribution in [0.4, 0.5) is 5.82 Å². The van der Waals surface area contributed by atoms with E-state index in [0.29, 0.717) is 44.4 Å². The summed E-state index contributed by atoms with van der Waals surface area (Å²) in [7, 11) is 0. The Balaban J connectivity index is 1.51. The molecule has 2 fully saturated rings. The number of anilines is 1. The second-order valence-corrected chi connectivity index (χ2v) is 8.09. The predicted octanol–water partition coefficient (Wildman–Crippen LogP) is 0.961. The van der Waals surface area contributed by atoms with Crippen molar-refractivity contribution in [3.63, 3.8) is 0 Å². The van der Waals surface area contributed by atoms with Gasteiger partial charge in [0.15, 0.2) is 0 Å². The number of nitrogens with zero attached hydrogens (tertiary/aromatic N) is 4. The summed E-state index contributed by atoms with van der Waals surface area (Å²) in [6.45, 7) is 8.94. The molecule has 8 nitrogen and oxygen atoms in total. The molecule has 28 heavy (non-hydrogen) atoms. The minimum Gasteiger partial charge on any atom is -0.378 e. The molecule has 2 saturated heterocycles. The van der Waals surface area contributed by atoms with E-state index in [4.69, 9.17) is 9.72 Å². The summed E-state index contributed by atoms with van der Waals surface area (Å²) in [5.74, 6) is 1.97. The van der Waals surface area contributed by atoms with Crippen LogP contribution in [0, 0.1) is 5.92 Å². The van der Waals surface area contributed by atoms with Crippen molar-refractivity contribution in [3.05, 3.63) is 17.1 Å². The van der Waals surface area contributed by atoms with Crippen molar-refractivity contribution < 1.29 is 14.3 Å². The van der Waals surface area contributed by atoms with Crippen molar-refractivity contribution in [3.8, 4) is 0 Å². The lowest BCUT2D eigenvalue weighted by atomic mass is 9.94. The first-order valence-corrected chi connectivity index (χ1v) is 10.3. The number of ether oxygens (including phenoxy) is 1. The first-order valence-electron chi connectivity index (χ1n) is 10.3. The number of morpholine rings is 1. The van der Waals surface area contributed by atoms with Crippen LogP contribution in [0.1, 0.15) is 54.5 Å². The molecule has 0 atom stereocenters. The third kappa shape index (κ3) is 3.70. The Morgan fingerprint density at radius 1 is 1.14 bits per heavy atom.